The van der Waals surface area contributed by atoms with Crippen molar-refractivity contribution in [2.75, 3.05) is 0 Å². The van der Waals surface area contributed by atoms with Crippen LogP contribution in [0.15, 0.2) is 48.5 Å². The molecule has 2 aromatic rings. The molecule has 0 aliphatic heterocycles. The molecule has 4 heteroatoms. The van der Waals surface area contributed by atoms with Crippen molar-refractivity contribution in [3.8, 4) is 0 Å². The number of nitrogens with one attached hydrogen (secondary N) is 1. The summed E-state index contributed by atoms with van der Waals surface area (Å²) in [6, 6.07) is 29.0. The van der Waals surface area contributed by atoms with E-state index in [0.717, 1.165) is 0 Å². The molecule has 0 bridgehead atoms. The maximum absolute atomic E-state index is 4.06. The number of benzene rings is 2. The molecule has 2 aromatic carbocycles. The Morgan fingerprint density at radius 1 is 0.568 bits per heavy atom. The largest absolute Gasteiger partial charge is 0.286 e. The molecule has 0 heterocycles. The van der Waals surface area contributed by atoms with Crippen LogP contribution in [0.2, 0.25) is 36.3 Å². The van der Waals surface area contributed by atoms with Gasteiger partial charge in [-0.3, -0.25) is 5.09 Å². The first-order valence-corrected chi connectivity index (χ1v) is 22.2. The molecule has 0 unspecified atom stereocenters. The van der Waals surface area contributed by atoms with Crippen molar-refractivity contribution in [1.29, 1.82) is 0 Å². The van der Waals surface area contributed by atoms with E-state index in [9.17, 15) is 0 Å². The highest BCUT2D eigenvalue weighted by Gasteiger charge is 2.34. The highest BCUT2D eigenvalue weighted by Crippen LogP contribution is 2.33. The standard InChI is InChI=1S/C33H58NPSi2/c1-9-21-36(22-10-2,23-11-3)32-19-15-17-30(27-32)35(34-29(7)8)31-18-16-20-33(28-31)37(24-12-4,25-13-5)26-14-6/h15-20,27-29,34H,9-14,21-26H2,1-8H3. The smallest absolute Gasteiger partial charge is 0.0867 e. The predicted octanol–water partition coefficient (Wildman–Crippen LogP) is 8.80. The van der Waals surface area contributed by atoms with E-state index in [4.69, 9.17) is 0 Å². The van der Waals surface area contributed by atoms with E-state index in [-0.39, 0.29) is 0 Å². The van der Waals surface area contributed by atoms with Gasteiger partial charge in [-0.05, 0) is 24.5 Å². The minimum absolute atomic E-state index is 0.464. The van der Waals surface area contributed by atoms with E-state index >= 15 is 0 Å². The second-order valence-corrected chi connectivity index (χ2v) is 23.0. The summed E-state index contributed by atoms with van der Waals surface area (Å²) in [5, 5.41) is 10.6. The molecule has 0 aliphatic rings. The average Bonchev–Trinajstić information content (AvgIpc) is 2.88. The Kier molecular flexibility index (Phi) is 14.4. The second kappa shape index (κ2) is 16.4. The minimum atomic E-state index is -1.47. The summed E-state index contributed by atoms with van der Waals surface area (Å²) in [5.74, 6) is 0. The SMILES string of the molecule is CCC[Si](CCC)(CCC)c1cccc(P(NC(C)C)c2cccc([Si](CCC)(CCC)CCC)c2)c1. The summed E-state index contributed by atoms with van der Waals surface area (Å²) in [6.45, 7) is 19.0. The molecule has 0 saturated carbocycles. The third kappa shape index (κ3) is 8.62. The molecule has 0 spiro atoms. The Hall–Kier alpha value is -0.736. The normalized spacial score (nSPS) is 12.6. The first-order chi connectivity index (χ1) is 17.8. The van der Waals surface area contributed by atoms with Gasteiger partial charge in [-0.2, -0.15) is 0 Å². The van der Waals surface area contributed by atoms with Crippen molar-refractivity contribution in [3.05, 3.63) is 48.5 Å². The molecule has 0 atom stereocenters. The zero-order valence-electron chi connectivity index (χ0n) is 25.6. The summed E-state index contributed by atoms with van der Waals surface area (Å²) < 4.78 is 0. The highest BCUT2D eigenvalue weighted by atomic mass is 31.1. The zero-order valence-corrected chi connectivity index (χ0v) is 28.5. The van der Waals surface area contributed by atoms with Gasteiger partial charge in [0.2, 0.25) is 0 Å². The molecule has 1 N–H and O–H groups in total. The van der Waals surface area contributed by atoms with Crippen LogP contribution < -0.4 is 26.1 Å². The molecule has 0 fully saturated rings. The Bertz CT molecular complexity index is 809. The monoisotopic (exact) mass is 555 g/mol. The number of hydrogen-bond donors (Lipinski definition) is 1. The fourth-order valence-electron chi connectivity index (χ4n) is 6.99. The lowest BCUT2D eigenvalue weighted by Gasteiger charge is -2.34. The third-order valence-corrected chi connectivity index (χ3v) is 22.4. The summed E-state index contributed by atoms with van der Waals surface area (Å²) in [4.78, 5) is 0. The second-order valence-electron chi connectivity index (χ2n) is 11.8. The van der Waals surface area contributed by atoms with Crippen molar-refractivity contribution in [3.63, 3.8) is 0 Å². The van der Waals surface area contributed by atoms with Crippen LogP contribution >= 0.6 is 8.07 Å². The molecular formula is C33H58NPSi2. The van der Waals surface area contributed by atoms with Crippen LogP contribution in [0.5, 0.6) is 0 Å². The molecule has 1 nitrogen and oxygen atoms in total. The van der Waals surface area contributed by atoms with E-state index in [0.29, 0.717) is 6.04 Å². The molecule has 0 aromatic heterocycles. The van der Waals surface area contributed by atoms with E-state index in [2.05, 4.69) is 109 Å². The first kappa shape index (κ1) is 32.5. The Morgan fingerprint density at radius 3 is 1.16 bits per heavy atom. The van der Waals surface area contributed by atoms with Gasteiger partial charge in [0, 0.05) is 14.1 Å². The average molecular weight is 556 g/mol. The van der Waals surface area contributed by atoms with Gasteiger partial charge in [-0.15, -0.1) is 0 Å². The molecule has 37 heavy (non-hydrogen) atoms. The van der Waals surface area contributed by atoms with E-state index in [1.54, 1.807) is 10.4 Å². The van der Waals surface area contributed by atoms with Gasteiger partial charge in [0.25, 0.3) is 0 Å². The van der Waals surface area contributed by atoms with Crippen molar-refractivity contribution in [2.24, 2.45) is 0 Å². The number of hydrogen-bond acceptors (Lipinski definition) is 1. The van der Waals surface area contributed by atoms with Crippen molar-refractivity contribution in [1.82, 2.24) is 5.09 Å². The Morgan fingerprint density at radius 2 is 0.892 bits per heavy atom. The molecule has 0 saturated heterocycles. The van der Waals surface area contributed by atoms with E-state index < -0.39 is 24.2 Å². The zero-order chi connectivity index (χ0) is 27.3. The molecule has 0 amide bonds. The molecule has 208 valence electrons. The highest BCUT2D eigenvalue weighted by molar-refractivity contribution is 7.71. The van der Waals surface area contributed by atoms with Gasteiger partial charge >= 0.3 is 0 Å². The summed E-state index contributed by atoms with van der Waals surface area (Å²) >= 11 is 0. The van der Waals surface area contributed by atoms with Gasteiger partial charge in [0.1, 0.15) is 0 Å². The van der Waals surface area contributed by atoms with Crippen LogP contribution in [-0.4, -0.2) is 22.2 Å². The van der Waals surface area contributed by atoms with E-state index in [1.807, 2.05) is 0 Å². The van der Waals surface area contributed by atoms with Gasteiger partial charge in [0.05, 0.1) is 16.1 Å². The quantitative estimate of drug-likeness (QED) is 0.143. The van der Waals surface area contributed by atoms with Gasteiger partial charge < -0.3 is 0 Å². The molecule has 2 rings (SSSR count). The Balaban J connectivity index is 2.63. The van der Waals surface area contributed by atoms with Crippen LogP contribution in [0, 0.1) is 0 Å². The van der Waals surface area contributed by atoms with Crippen molar-refractivity contribution < 1.29 is 0 Å². The van der Waals surface area contributed by atoms with Crippen molar-refractivity contribution >= 4 is 45.2 Å². The maximum atomic E-state index is 4.06. The van der Waals surface area contributed by atoms with Crippen LogP contribution in [0.3, 0.4) is 0 Å². The molecular weight excluding hydrogens is 498 g/mol. The van der Waals surface area contributed by atoms with Crippen molar-refractivity contribution in [2.45, 2.75) is 136 Å². The van der Waals surface area contributed by atoms with Crippen LogP contribution in [0.1, 0.15) is 93.9 Å². The fraction of sp³-hybridized carbons (Fsp3) is 0.636. The van der Waals surface area contributed by atoms with Gasteiger partial charge in [-0.1, -0.05) is 175 Å². The van der Waals surface area contributed by atoms with E-state index in [1.165, 1.54) is 85.4 Å². The molecule has 0 aliphatic carbocycles. The van der Waals surface area contributed by atoms with Gasteiger partial charge in [-0.25, -0.2) is 0 Å². The maximum Gasteiger partial charge on any atom is 0.0867 e. The first-order valence-electron chi connectivity index (χ1n) is 15.6. The summed E-state index contributed by atoms with van der Waals surface area (Å²) in [6.07, 6.45) is 7.90. The molecule has 0 radical (unpaired) electrons. The van der Waals surface area contributed by atoms with Crippen LogP contribution in [-0.2, 0) is 0 Å². The van der Waals surface area contributed by atoms with Crippen LogP contribution in [0.25, 0.3) is 0 Å². The third-order valence-electron chi connectivity index (χ3n) is 8.19. The number of rotatable bonds is 18. The predicted molar refractivity (Wildman–Crippen MR) is 179 cm³/mol. The minimum Gasteiger partial charge on any atom is -0.286 e. The summed E-state index contributed by atoms with van der Waals surface area (Å²) in [5.41, 5.74) is 0. The fourth-order valence-corrected chi connectivity index (χ4v) is 20.2. The summed E-state index contributed by atoms with van der Waals surface area (Å²) in [7, 11) is -3.52. The lowest BCUT2D eigenvalue weighted by atomic mass is 10.3. The Labute approximate surface area is 234 Å². The van der Waals surface area contributed by atoms with Crippen LogP contribution in [0.4, 0.5) is 0 Å². The van der Waals surface area contributed by atoms with Gasteiger partial charge in [0.15, 0.2) is 0 Å². The lowest BCUT2D eigenvalue weighted by molar-refractivity contribution is 0.765. The lowest BCUT2D eigenvalue weighted by Crippen LogP contribution is -2.49. The topological polar surface area (TPSA) is 12.0 Å².